The van der Waals surface area contributed by atoms with Crippen LogP contribution >= 0.6 is 0 Å². The molecule has 11 heteroatoms. The van der Waals surface area contributed by atoms with Crippen molar-refractivity contribution in [3.05, 3.63) is 71.7 Å². The first-order valence-corrected chi connectivity index (χ1v) is 10.6. The van der Waals surface area contributed by atoms with E-state index in [0.717, 1.165) is 23.9 Å². The number of ketones is 1. The normalized spacial score (nSPS) is 14.8. The second-order valence-electron chi connectivity index (χ2n) is 7.88. The molecule has 3 aromatic rings. The van der Waals surface area contributed by atoms with Gasteiger partial charge in [0.1, 0.15) is 11.4 Å². The Morgan fingerprint density at radius 2 is 1.82 bits per heavy atom. The summed E-state index contributed by atoms with van der Waals surface area (Å²) < 4.78 is 45.4. The molecule has 0 aliphatic carbocycles. The van der Waals surface area contributed by atoms with Crippen molar-refractivity contribution in [2.24, 2.45) is 0 Å². The number of hydrogen-bond acceptors (Lipinski definition) is 6. The molecule has 34 heavy (non-hydrogen) atoms. The van der Waals surface area contributed by atoms with Crippen molar-refractivity contribution in [2.75, 3.05) is 26.2 Å². The van der Waals surface area contributed by atoms with Crippen molar-refractivity contribution in [3.63, 3.8) is 0 Å². The van der Waals surface area contributed by atoms with Crippen molar-refractivity contribution < 1.29 is 27.5 Å². The Balaban J connectivity index is 1.33. The minimum atomic E-state index is -4.47. The van der Waals surface area contributed by atoms with Gasteiger partial charge in [-0.15, -0.1) is 0 Å². The summed E-state index contributed by atoms with van der Waals surface area (Å²) in [6.45, 7) is 4.24. The molecule has 1 aromatic carbocycles. The van der Waals surface area contributed by atoms with Crippen molar-refractivity contribution in [3.8, 4) is 11.6 Å². The Hall–Kier alpha value is -3.73. The summed E-state index contributed by atoms with van der Waals surface area (Å²) in [6, 6.07) is 10.1. The van der Waals surface area contributed by atoms with Crippen LogP contribution in [0, 0.1) is 0 Å². The lowest BCUT2D eigenvalue weighted by molar-refractivity contribution is -0.137. The largest absolute Gasteiger partial charge is 0.439 e. The van der Waals surface area contributed by atoms with Gasteiger partial charge < -0.3 is 9.64 Å². The number of amides is 1. The standard InChI is InChI=1S/C23H22F3N5O3/c1-16(32)20-6-8-31(28-20)22(33)30-11-9-29(10-12-30)15-17-3-2-4-19(13-17)34-21-14-18(5-7-27-21)23(24,25)26/h2-8,13-14H,9-12,15H2,1H3. The van der Waals surface area contributed by atoms with E-state index < -0.39 is 11.7 Å². The average molecular weight is 473 g/mol. The highest BCUT2D eigenvalue weighted by molar-refractivity contribution is 5.92. The van der Waals surface area contributed by atoms with Gasteiger partial charge in [-0.3, -0.25) is 9.69 Å². The molecule has 0 radical (unpaired) electrons. The molecule has 0 atom stereocenters. The summed E-state index contributed by atoms with van der Waals surface area (Å²) in [5, 5.41) is 4.02. The number of Topliss-reactive ketones (excluding diaryl/α,β-unsaturated/α-hetero) is 1. The van der Waals surface area contributed by atoms with Gasteiger partial charge in [-0.05, 0) is 29.8 Å². The van der Waals surface area contributed by atoms with Gasteiger partial charge >= 0.3 is 12.2 Å². The topological polar surface area (TPSA) is 80.6 Å². The van der Waals surface area contributed by atoms with Crippen molar-refractivity contribution in [2.45, 2.75) is 19.6 Å². The monoisotopic (exact) mass is 473 g/mol. The SMILES string of the molecule is CC(=O)c1ccn(C(=O)N2CCN(Cc3cccc(Oc4cc(C(F)(F)F)ccn4)c3)CC2)n1. The van der Waals surface area contributed by atoms with Crippen LogP contribution in [0.15, 0.2) is 54.9 Å². The van der Waals surface area contributed by atoms with Gasteiger partial charge in [-0.25, -0.2) is 9.78 Å². The quantitative estimate of drug-likeness (QED) is 0.520. The number of nitrogens with zero attached hydrogens (tertiary/aromatic N) is 5. The molecular weight excluding hydrogens is 451 g/mol. The molecule has 8 nitrogen and oxygen atoms in total. The molecular formula is C23H22F3N5O3. The zero-order chi connectivity index (χ0) is 24.3. The molecule has 4 rings (SSSR count). The Labute approximate surface area is 193 Å². The first-order chi connectivity index (χ1) is 16.2. The molecule has 0 spiro atoms. The third-order valence-corrected chi connectivity index (χ3v) is 5.38. The van der Waals surface area contributed by atoms with Crippen molar-refractivity contribution in [1.82, 2.24) is 24.6 Å². The number of benzene rings is 1. The molecule has 1 saturated heterocycles. The van der Waals surface area contributed by atoms with E-state index in [-0.39, 0.29) is 23.4 Å². The highest BCUT2D eigenvalue weighted by Crippen LogP contribution is 2.31. The zero-order valence-electron chi connectivity index (χ0n) is 18.3. The number of pyridine rings is 1. The number of aromatic nitrogens is 3. The summed E-state index contributed by atoms with van der Waals surface area (Å²) in [7, 11) is 0. The molecule has 0 N–H and O–H groups in total. The second kappa shape index (κ2) is 9.64. The Morgan fingerprint density at radius 3 is 2.50 bits per heavy atom. The highest BCUT2D eigenvalue weighted by atomic mass is 19.4. The van der Waals surface area contributed by atoms with Crippen LogP contribution in [0.3, 0.4) is 0 Å². The minimum Gasteiger partial charge on any atom is -0.439 e. The maximum atomic E-state index is 12.9. The number of rotatable bonds is 5. The first kappa shape index (κ1) is 23.4. The van der Waals surface area contributed by atoms with Crippen molar-refractivity contribution >= 4 is 11.8 Å². The minimum absolute atomic E-state index is 0.134. The van der Waals surface area contributed by atoms with E-state index in [9.17, 15) is 22.8 Å². The Bertz CT molecular complexity index is 1190. The van der Waals surface area contributed by atoms with E-state index in [4.69, 9.17) is 4.74 Å². The summed E-state index contributed by atoms with van der Waals surface area (Å²) in [5.74, 6) is 0.0511. The maximum absolute atomic E-state index is 12.9. The Morgan fingerprint density at radius 1 is 1.06 bits per heavy atom. The number of halogens is 3. The lowest BCUT2D eigenvalue weighted by Gasteiger charge is -2.34. The molecule has 0 saturated carbocycles. The predicted octanol–water partition coefficient (Wildman–Crippen LogP) is 4.08. The third-order valence-electron chi connectivity index (χ3n) is 5.38. The summed E-state index contributed by atoms with van der Waals surface area (Å²) in [4.78, 5) is 31.7. The first-order valence-electron chi connectivity index (χ1n) is 10.6. The lowest BCUT2D eigenvalue weighted by atomic mass is 10.2. The van der Waals surface area contributed by atoms with Gasteiger partial charge in [0.15, 0.2) is 5.78 Å². The van der Waals surface area contributed by atoms with Gasteiger partial charge in [0, 0.05) is 58.1 Å². The molecule has 1 aliphatic rings. The van der Waals surface area contributed by atoms with E-state index in [1.165, 1.54) is 23.9 Å². The van der Waals surface area contributed by atoms with Gasteiger partial charge in [-0.1, -0.05) is 12.1 Å². The van der Waals surface area contributed by atoms with Gasteiger partial charge in [0.25, 0.3) is 0 Å². The molecule has 2 aromatic heterocycles. The number of hydrogen-bond donors (Lipinski definition) is 0. The maximum Gasteiger partial charge on any atom is 0.416 e. The number of alkyl halides is 3. The van der Waals surface area contributed by atoms with Crippen LogP contribution in [-0.2, 0) is 12.7 Å². The van der Waals surface area contributed by atoms with Crippen LogP contribution < -0.4 is 4.74 Å². The van der Waals surface area contributed by atoms with Crippen molar-refractivity contribution in [1.29, 1.82) is 0 Å². The molecule has 1 amide bonds. The van der Waals surface area contributed by atoms with Gasteiger partial charge in [0.2, 0.25) is 5.88 Å². The number of carbonyl (C=O) groups is 2. The highest BCUT2D eigenvalue weighted by Gasteiger charge is 2.31. The van der Waals surface area contributed by atoms with E-state index >= 15 is 0 Å². The van der Waals surface area contributed by atoms with Gasteiger partial charge in [-0.2, -0.15) is 23.0 Å². The Kier molecular flexibility index (Phi) is 6.64. The fourth-order valence-corrected chi connectivity index (χ4v) is 3.59. The van der Waals surface area contributed by atoms with Crippen LogP contribution in [0.5, 0.6) is 11.6 Å². The van der Waals surface area contributed by atoms with Crippen LogP contribution in [0.2, 0.25) is 0 Å². The molecule has 1 fully saturated rings. The van der Waals surface area contributed by atoms with Crippen LogP contribution in [-0.4, -0.2) is 62.6 Å². The summed E-state index contributed by atoms with van der Waals surface area (Å²) >= 11 is 0. The molecule has 1 aliphatic heterocycles. The average Bonchev–Trinajstić information content (AvgIpc) is 3.30. The number of ether oxygens (including phenoxy) is 1. The molecule has 0 bridgehead atoms. The predicted molar refractivity (Wildman–Crippen MR) is 116 cm³/mol. The van der Waals surface area contributed by atoms with Gasteiger partial charge in [0.05, 0.1) is 5.56 Å². The third kappa shape index (κ3) is 5.60. The summed E-state index contributed by atoms with van der Waals surface area (Å²) in [5.41, 5.74) is 0.338. The summed E-state index contributed by atoms with van der Waals surface area (Å²) in [6.07, 6.45) is -1.93. The zero-order valence-corrected chi connectivity index (χ0v) is 18.3. The van der Waals surface area contributed by atoms with Crippen LogP contribution in [0.1, 0.15) is 28.5 Å². The van der Waals surface area contributed by atoms with Crippen LogP contribution in [0.4, 0.5) is 18.0 Å². The molecule has 178 valence electrons. The van der Waals surface area contributed by atoms with E-state index in [1.807, 2.05) is 6.07 Å². The van der Waals surface area contributed by atoms with Crippen LogP contribution in [0.25, 0.3) is 0 Å². The number of piperazine rings is 1. The fourth-order valence-electron chi connectivity index (χ4n) is 3.59. The number of carbonyl (C=O) groups excluding carboxylic acids is 2. The van der Waals surface area contributed by atoms with E-state index in [1.54, 1.807) is 23.1 Å². The lowest BCUT2D eigenvalue weighted by Crippen LogP contribution is -2.49. The molecule has 3 heterocycles. The fraction of sp³-hybridized carbons (Fsp3) is 0.304. The molecule has 0 unspecified atom stereocenters. The van der Waals surface area contributed by atoms with E-state index in [0.29, 0.717) is 38.5 Å². The van der Waals surface area contributed by atoms with E-state index in [2.05, 4.69) is 15.0 Å². The smallest absolute Gasteiger partial charge is 0.416 e. The second-order valence-corrected chi connectivity index (χ2v) is 7.88.